The van der Waals surface area contributed by atoms with E-state index in [1.54, 1.807) is 25.1 Å². The predicted molar refractivity (Wildman–Crippen MR) is 104 cm³/mol. The molecule has 0 saturated carbocycles. The second-order valence-electron chi connectivity index (χ2n) is 6.18. The van der Waals surface area contributed by atoms with E-state index in [2.05, 4.69) is 15.8 Å². The minimum atomic E-state index is -0.611. The third-order valence-corrected chi connectivity index (χ3v) is 3.91. The number of hydrazone groups is 1. The number of amides is 2. The van der Waals surface area contributed by atoms with Crippen LogP contribution in [0.5, 0.6) is 11.5 Å². The van der Waals surface area contributed by atoms with Gasteiger partial charge in [-0.2, -0.15) is 5.10 Å². The summed E-state index contributed by atoms with van der Waals surface area (Å²) < 4.78 is 10.9. The summed E-state index contributed by atoms with van der Waals surface area (Å²) in [7, 11) is 0. The maximum atomic E-state index is 12.2. The van der Waals surface area contributed by atoms with E-state index >= 15 is 0 Å². The number of nitrogens with zero attached hydrogens (tertiary/aromatic N) is 2. The van der Waals surface area contributed by atoms with E-state index in [0.717, 1.165) is 6.07 Å². The van der Waals surface area contributed by atoms with Crippen LogP contribution in [0.15, 0.2) is 47.6 Å². The van der Waals surface area contributed by atoms with Gasteiger partial charge in [0.05, 0.1) is 11.3 Å². The molecular weight excluding hydrogens is 380 g/mol. The van der Waals surface area contributed by atoms with Gasteiger partial charge in [0, 0.05) is 35.2 Å². The van der Waals surface area contributed by atoms with Gasteiger partial charge in [-0.3, -0.25) is 19.7 Å². The number of hydrogen-bond acceptors (Lipinski definition) is 7. The van der Waals surface area contributed by atoms with Gasteiger partial charge in [0.1, 0.15) is 13.2 Å². The fourth-order valence-electron chi connectivity index (χ4n) is 2.57. The number of carbonyl (C=O) groups is 2. The van der Waals surface area contributed by atoms with Crippen LogP contribution in [0.1, 0.15) is 23.7 Å². The van der Waals surface area contributed by atoms with Gasteiger partial charge in [0.25, 0.3) is 11.6 Å². The number of hydrogen-bond donors (Lipinski definition) is 2. The minimum Gasteiger partial charge on any atom is -0.486 e. The van der Waals surface area contributed by atoms with E-state index in [9.17, 15) is 19.7 Å². The van der Waals surface area contributed by atoms with Gasteiger partial charge in [0.2, 0.25) is 5.91 Å². The van der Waals surface area contributed by atoms with Gasteiger partial charge in [-0.1, -0.05) is 6.07 Å². The molecule has 0 aliphatic carbocycles. The van der Waals surface area contributed by atoms with Crippen molar-refractivity contribution in [2.24, 2.45) is 5.10 Å². The van der Waals surface area contributed by atoms with Crippen molar-refractivity contribution in [2.45, 2.75) is 13.3 Å². The zero-order valence-electron chi connectivity index (χ0n) is 15.5. The average Bonchev–Trinajstić information content (AvgIpc) is 2.72. The van der Waals surface area contributed by atoms with Crippen molar-refractivity contribution in [1.82, 2.24) is 5.43 Å². The molecule has 0 spiro atoms. The Morgan fingerprint density at radius 2 is 1.90 bits per heavy atom. The van der Waals surface area contributed by atoms with Gasteiger partial charge in [-0.15, -0.1) is 0 Å². The molecule has 0 atom stereocenters. The Balaban J connectivity index is 1.55. The van der Waals surface area contributed by atoms with Gasteiger partial charge in [-0.25, -0.2) is 5.43 Å². The SMILES string of the molecule is CC(CC(=O)Nc1ccc2c(c1)OCCO2)=NNC(=O)c1cccc([N+](=O)[O-])c1. The van der Waals surface area contributed by atoms with Crippen LogP contribution in [0.2, 0.25) is 0 Å². The van der Waals surface area contributed by atoms with Crippen LogP contribution in [0.4, 0.5) is 11.4 Å². The van der Waals surface area contributed by atoms with E-state index in [1.165, 1.54) is 18.2 Å². The second-order valence-corrected chi connectivity index (χ2v) is 6.18. The monoisotopic (exact) mass is 398 g/mol. The van der Waals surface area contributed by atoms with Crippen LogP contribution in [-0.4, -0.2) is 35.7 Å². The summed E-state index contributed by atoms with van der Waals surface area (Å²) in [5, 5.41) is 17.4. The number of nitro benzene ring substituents is 1. The summed E-state index contributed by atoms with van der Waals surface area (Å²) >= 11 is 0. The number of nitrogens with one attached hydrogen (secondary N) is 2. The smallest absolute Gasteiger partial charge is 0.271 e. The lowest BCUT2D eigenvalue weighted by Gasteiger charge is -2.19. The topological polar surface area (TPSA) is 132 Å². The molecule has 1 heterocycles. The summed E-state index contributed by atoms with van der Waals surface area (Å²) in [5.74, 6) is 0.243. The standard InChI is InChI=1S/C19H18N4O6/c1-12(21-22-19(25)13-3-2-4-15(10-13)23(26)27)9-18(24)20-14-5-6-16-17(11-14)29-8-7-28-16/h2-6,10-11H,7-9H2,1H3,(H,20,24)(H,22,25). The number of carbonyl (C=O) groups excluding carboxylic acids is 2. The lowest BCUT2D eigenvalue weighted by molar-refractivity contribution is -0.384. The molecule has 1 aliphatic rings. The number of non-ortho nitro benzene ring substituents is 1. The Morgan fingerprint density at radius 3 is 2.66 bits per heavy atom. The van der Waals surface area contributed by atoms with Crippen LogP contribution >= 0.6 is 0 Å². The van der Waals surface area contributed by atoms with Crippen LogP contribution in [0.25, 0.3) is 0 Å². The molecule has 3 rings (SSSR count). The molecule has 0 bridgehead atoms. The van der Waals surface area contributed by atoms with E-state index in [0.29, 0.717) is 36.1 Å². The quantitative estimate of drug-likeness (QED) is 0.436. The summed E-state index contributed by atoms with van der Waals surface area (Å²) in [6, 6.07) is 10.4. The summed E-state index contributed by atoms with van der Waals surface area (Å²) in [4.78, 5) is 34.4. The molecular formula is C19H18N4O6. The third-order valence-electron chi connectivity index (χ3n) is 3.91. The molecule has 0 radical (unpaired) electrons. The van der Waals surface area contributed by atoms with Crippen molar-refractivity contribution in [3.8, 4) is 11.5 Å². The highest BCUT2D eigenvalue weighted by atomic mass is 16.6. The first-order valence-corrected chi connectivity index (χ1v) is 8.70. The van der Waals surface area contributed by atoms with Gasteiger partial charge in [-0.05, 0) is 25.1 Å². The first-order chi connectivity index (χ1) is 13.9. The van der Waals surface area contributed by atoms with Crippen molar-refractivity contribution in [3.63, 3.8) is 0 Å². The lowest BCUT2D eigenvalue weighted by Crippen LogP contribution is -2.21. The van der Waals surface area contributed by atoms with Gasteiger partial charge < -0.3 is 14.8 Å². The molecule has 10 heteroatoms. The van der Waals surface area contributed by atoms with E-state index in [-0.39, 0.29) is 23.6 Å². The van der Waals surface area contributed by atoms with Crippen molar-refractivity contribution < 1.29 is 24.0 Å². The lowest BCUT2D eigenvalue weighted by atomic mass is 10.2. The van der Waals surface area contributed by atoms with Crippen LogP contribution in [0, 0.1) is 10.1 Å². The van der Waals surface area contributed by atoms with Crippen LogP contribution in [-0.2, 0) is 4.79 Å². The highest BCUT2D eigenvalue weighted by molar-refractivity contribution is 6.06. The number of anilines is 1. The maximum absolute atomic E-state index is 12.2. The first kappa shape index (κ1) is 19.8. The Morgan fingerprint density at radius 1 is 1.14 bits per heavy atom. The van der Waals surface area contributed by atoms with Crippen molar-refractivity contribution in [1.29, 1.82) is 0 Å². The molecule has 0 aromatic heterocycles. The Labute approximate surface area is 165 Å². The molecule has 150 valence electrons. The summed E-state index contributed by atoms with van der Waals surface area (Å²) in [5.41, 5.74) is 3.09. The molecule has 29 heavy (non-hydrogen) atoms. The Hall–Kier alpha value is -3.95. The summed E-state index contributed by atoms with van der Waals surface area (Å²) in [6.45, 7) is 2.51. The molecule has 10 nitrogen and oxygen atoms in total. The van der Waals surface area contributed by atoms with Crippen LogP contribution < -0.4 is 20.2 Å². The van der Waals surface area contributed by atoms with Gasteiger partial charge in [0.15, 0.2) is 11.5 Å². The zero-order valence-corrected chi connectivity index (χ0v) is 15.5. The first-order valence-electron chi connectivity index (χ1n) is 8.70. The molecule has 2 amide bonds. The predicted octanol–water partition coefficient (Wildman–Crippen LogP) is 2.50. The number of nitro groups is 1. The van der Waals surface area contributed by atoms with E-state index in [1.807, 2.05) is 0 Å². The Kier molecular flexibility index (Phi) is 6.03. The second kappa shape index (κ2) is 8.83. The fourth-order valence-corrected chi connectivity index (χ4v) is 2.57. The molecule has 2 aromatic carbocycles. The molecule has 0 saturated heterocycles. The molecule has 2 N–H and O–H groups in total. The summed E-state index contributed by atoms with van der Waals surface area (Å²) in [6.07, 6.45) is -0.0519. The maximum Gasteiger partial charge on any atom is 0.271 e. The molecule has 0 unspecified atom stereocenters. The number of benzene rings is 2. The number of fused-ring (bicyclic) bond motifs is 1. The number of ether oxygens (including phenoxy) is 2. The molecule has 1 aliphatic heterocycles. The average molecular weight is 398 g/mol. The third kappa shape index (κ3) is 5.28. The minimum absolute atomic E-state index is 0.0519. The van der Waals surface area contributed by atoms with Crippen molar-refractivity contribution in [2.75, 3.05) is 18.5 Å². The Bertz CT molecular complexity index is 988. The van der Waals surface area contributed by atoms with E-state index in [4.69, 9.17) is 9.47 Å². The molecule has 0 fully saturated rings. The highest BCUT2D eigenvalue weighted by Crippen LogP contribution is 2.32. The fraction of sp³-hybridized carbons (Fsp3) is 0.211. The zero-order chi connectivity index (χ0) is 20.8. The van der Waals surface area contributed by atoms with Crippen LogP contribution in [0.3, 0.4) is 0 Å². The van der Waals surface area contributed by atoms with Crippen molar-refractivity contribution >= 4 is 28.9 Å². The highest BCUT2D eigenvalue weighted by Gasteiger charge is 2.14. The van der Waals surface area contributed by atoms with Crippen molar-refractivity contribution in [3.05, 3.63) is 58.1 Å². The van der Waals surface area contributed by atoms with Gasteiger partial charge >= 0.3 is 0 Å². The van der Waals surface area contributed by atoms with E-state index < -0.39 is 10.8 Å². The normalized spacial score (nSPS) is 12.8. The molecule has 2 aromatic rings. The number of rotatable bonds is 6. The largest absolute Gasteiger partial charge is 0.486 e.